The second-order valence-corrected chi connectivity index (χ2v) is 6.54. The molecule has 0 bridgehead atoms. The molecule has 1 aliphatic heterocycles. The number of unbranched alkanes of at least 4 members (excludes halogenated alkanes) is 1. The molecule has 128 valence electrons. The molecule has 1 fully saturated rings. The molecule has 1 N–H and O–H groups in total. The molecule has 1 aliphatic rings. The number of aryl methyl sites for hydroxylation is 1. The number of likely N-dealkylation sites (tertiary alicyclic amines) is 1. The Kier molecular flexibility index (Phi) is 7.35. The highest BCUT2D eigenvalue weighted by Gasteiger charge is 2.22. The predicted molar refractivity (Wildman–Crippen MR) is 96.1 cm³/mol. The summed E-state index contributed by atoms with van der Waals surface area (Å²) < 4.78 is 0. The van der Waals surface area contributed by atoms with E-state index in [-0.39, 0.29) is 11.5 Å². The first kappa shape index (κ1) is 18.1. The lowest BCUT2D eigenvalue weighted by molar-refractivity contribution is -0.128. The van der Waals surface area contributed by atoms with E-state index in [9.17, 15) is 10.1 Å². The molecule has 0 atom stereocenters. The van der Waals surface area contributed by atoms with Crippen molar-refractivity contribution in [2.75, 3.05) is 19.6 Å². The van der Waals surface area contributed by atoms with Crippen LogP contribution in [0.5, 0.6) is 0 Å². The lowest BCUT2D eigenvalue weighted by atomic mass is 9.99. The molecule has 1 amide bonds. The van der Waals surface area contributed by atoms with Crippen LogP contribution in [-0.4, -0.2) is 30.4 Å². The van der Waals surface area contributed by atoms with Gasteiger partial charge >= 0.3 is 0 Å². The summed E-state index contributed by atoms with van der Waals surface area (Å²) in [5.74, 6) is 0.535. The molecule has 0 aliphatic carbocycles. The number of rotatable bonds is 7. The minimum Gasteiger partial charge on any atom is -0.390 e. The molecule has 1 aromatic rings. The van der Waals surface area contributed by atoms with Gasteiger partial charge in [-0.1, -0.05) is 37.3 Å². The van der Waals surface area contributed by atoms with E-state index in [0.29, 0.717) is 5.92 Å². The lowest BCUT2D eigenvalue weighted by Gasteiger charge is -2.30. The van der Waals surface area contributed by atoms with Gasteiger partial charge in [0.25, 0.3) is 5.91 Å². The number of amides is 1. The molecule has 1 aromatic carbocycles. The first-order valence-corrected chi connectivity index (χ1v) is 8.87. The molecule has 1 heterocycles. The third-order valence-electron chi connectivity index (χ3n) is 4.55. The van der Waals surface area contributed by atoms with Gasteiger partial charge in [-0.25, -0.2) is 0 Å². The predicted octanol–water partition coefficient (Wildman–Crippen LogP) is 3.26. The number of hydrogen-bond donors (Lipinski definition) is 1. The van der Waals surface area contributed by atoms with Crippen molar-refractivity contribution in [2.45, 2.75) is 39.0 Å². The van der Waals surface area contributed by atoms with Gasteiger partial charge in [-0.2, -0.15) is 5.26 Å². The van der Waals surface area contributed by atoms with Gasteiger partial charge in [0.15, 0.2) is 0 Å². The normalized spacial score (nSPS) is 15.8. The summed E-state index contributed by atoms with van der Waals surface area (Å²) in [5, 5.41) is 12.3. The van der Waals surface area contributed by atoms with E-state index in [1.807, 2.05) is 12.1 Å². The number of nitrogens with one attached hydrogen (secondary N) is 1. The zero-order chi connectivity index (χ0) is 17.2. The maximum absolute atomic E-state index is 12.3. The van der Waals surface area contributed by atoms with Crippen LogP contribution in [0.15, 0.2) is 42.1 Å². The van der Waals surface area contributed by atoms with Crippen LogP contribution in [-0.2, 0) is 11.2 Å². The highest BCUT2D eigenvalue weighted by Crippen LogP contribution is 2.17. The average Bonchev–Trinajstić information content (AvgIpc) is 2.62. The van der Waals surface area contributed by atoms with Crippen LogP contribution < -0.4 is 5.32 Å². The summed E-state index contributed by atoms with van der Waals surface area (Å²) >= 11 is 0. The lowest BCUT2D eigenvalue weighted by Crippen LogP contribution is -2.38. The second-order valence-electron chi connectivity index (χ2n) is 6.54. The average molecular weight is 325 g/mol. The molecule has 24 heavy (non-hydrogen) atoms. The summed E-state index contributed by atoms with van der Waals surface area (Å²) in [4.78, 5) is 14.1. The quantitative estimate of drug-likeness (QED) is 0.475. The van der Waals surface area contributed by atoms with Crippen molar-refractivity contribution in [3.8, 4) is 6.07 Å². The molecule has 0 radical (unpaired) electrons. The zero-order valence-electron chi connectivity index (χ0n) is 14.5. The zero-order valence-corrected chi connectivity index (χ0v) is 14.5. The van der Waals surface area contributed by atoms with Crippen LogP contribution in [0, 0.1) is 17.2 Å². The van der Waals surface area contributed by atoms with Gasteiger partial charge in [0.05, 0.1) is 0 Å². The fraction of sp³-hybridized carbons (Fsp3) is 0.500. The van der Waals surface area contributed by atoms with Crippen LogP contribution in [0.1, 0.15) is 38.2 Å². The third-order valence-corrected chi connectivity index (χ3v) is 4.55. The van der Waals surface area contributed by atoms with E-state index >= 15 is 0 Å². The standard InChI is InChI=1S/C20H27N3O/c1-17-10-13-23(14-11-17)20(24)19(15-21)16-22-12-6-5-9-18-7-3-2-4-8-18/h2-4,7-8,16-17,22H,5-6,9-14H2,1H3/b19-16-. The Labute approximate surface area is 145 Å². The van der Waals surface area contributed by atoms with Gasteiger partial charge in [0.1, 0.15) is 11.6 Å². The molecule has 2 rings (SSSR count). The minimum atomic E-state index is -0.138. The summed E-state index contributed by atoms with van der Waals surface area (Å²) in [5.41, 5.74) is 1.56. The Bertz CT molecular complexity index is 581. The Balaban J connectivity index is 1.69. The third kappa shape index (κ3) is 5.73. The maximum atomic E-state index is 12.3. The minimum absolute atomic E-state index is 0.138. The number of carbonyl (C=O) groups excluding carboxylic acids is 1. The maximum Gasteiger partial charge on any atom is 0.265 e. The van der Waals surface area contributed by atoms with Crippen LogP contribution in [0.2, 0.25) is 0 Å². The largest absolute Gasteiger partial charge is 0.390 e. The smallest absolute Gasteiger partial charge is 0.265 e. The van der Waals surface area contributed by atoms with Gasteiger partial charge in [0, 0.05) is 25.8 Å². The van der Waals surface area contributed by atoms with Crippen molar-refractivity contribution in [2.24, 2.45) is 5.92 Å². The Morgan fingerprint density at radius 2 is 2.00 bits per heavy atom. The second kappa shape index (κ2) is 9.77. The van der Waals surface area contributed by atoms with E-state index < -0.39 is 0 Å². The van der Waals surface area contributed by atoms with E-state index in [1.165, 1.54) is 5.56 Å². The first-order chi connectivity index (χ1) is 11.7. The molecule has 4 nitrogen and oxygen atoms in total. The molecule has 0 aromatic heterocycles. The van der Waals surface area contributed by atoms with Crippen molar-refractivity contribution in [1.29, 1.82) is 5.26 Å². The number of piperidine rings is 1. The number of benzene rings is 1. The van der Waals surface area contributed by atoms with Crippen molar-refractivity contribution in [1.82, 2.24) is 10.2 Å². The SMILES string of the molecule is CC1CCN(C(=O)/C(C#N)=C\NCCCCc2ccccc2)CC1. The summed E-state index contributed by atoms with van der Waals surface area (Å²) in [7, 11) is 0. The number of nitriles is 1. The van der Waals surface area contributed by atoms with Crippen molar-refractivity contribution in [3.63, 3.8) is 0 Å². The highest BCUT2D eigenvalue weighted by molar-refractivity contribution is 5.97. The molecule has 0 saturated carbocycles. The summed E-state index contributed by atoms with van der Waals surface area (Å²) in [6, 6.07) is 12.5. The van der Waals surface area contributed by atoms with Gasteiger partial charge in [-0.3, -0.25) is 4.79 Å². The summed E-state index contributed by atoms with van der Waals surface area (Å²) in [6.45, 7) is 4.51. The van der Waals surface area contributed by atoms with E-state index in [4.69, 9.17) is 0 Å². The monoisotopic (exact) mass is 325 g/mol. The van der Waals surface area contributed by atoms with Crippen molar-refractivity contribution < 1.29 is 4.79 Å². The number of nitrogens with zero attached hydrogens (tertiary/aromatic N) is 2. The van der Waals surface area contributed by atoms with Crippen molar-refractivity contribution >= 4 is 5.91 Å². The first-order valence-electron chi connectivity index (χ1n) is 8.87. The van der Waals surface area contributed by atoms with Gasteiger partial charge in [-0.05, 0) is 43.6 Å². The van der Waals surface area contributed by atoms with Crippen LogP contribution in [0.3, 0.4) is 0 Å². The molecular formula is C20H27N3O. The topological polar surface area (TPSA) is 56.1 Å². The van der Waals surface area contributed by atoms with E-state index in [2.05, 4.69) is 36.5 Å². The van der Waals surface area contributed by atoms with Crippen LogP contribution in [0.25, 0.3) is 0 Å². The number of carbonyl (C=O) groups is 1. The Hall–Kier alpha value is -2.28. The van der Waals surface area contributed by atoms with Crippen LogP contribution in [0.4, 0.5) is 0 Å². The fourth-order valence-corrected chi connectivity index (χ4v) is 2.90. The molecule has 0 spiro atoms. The molecule has 0 unspecified atom stereocenters. The Morgan fingerprint density at radius 3 is 2.67 bits per heavy atom. The Morgan fingerprint density at radius 1 is 1.29 bits per heavy atom. The van der Waals surface area contributed by atoms with Gasteiger partial charge in [0.2, 0.25) is 0 Å². The molecular weight excluding hydrogens is 298 g/mol. The highest BCUT2D eigenvalue weighted by atomic mass is 16.2. The summed E-state index contributed by atoms with van der Waals surface area (Å²) in [6.07, 6.45) is 6.80. The molecule has 1 saturated heterocycles. The van der Waals surface area contributed by atoms with Crippen molar-refractivity contribution in [3.05, 3.63) is 47.7 Å². The fourth-order valence-electron chi connectivity index (χ4n) is 2.90. The van der Waals surface area contributed by atoms with E-state index in [1.54, 1.807) is 11.1 Å². The van der Waals surface area contributed by atoms with Gasteiger partial charge in [-0.15, -0.1) is 0 Å². The molecule has 4 heteroatoms. The van der Waals surface area contributed by atoms with E-state index in [0.717, 1.165) is 51.7 Å². The van der Waals surface area contributed by atoms with Gasteiger partial charge < -0.3 is 10.2 Å². The number of hydrogen-bond acceptors (Lipinski definition) is 3. The van der Waals surface area contributed by atoms with Crippen LogP contribution >= 0.6 is 0 Å².